The Morgan fingerprint density at radius 1 is 1.44 bits per heavy atom. The predicted octanol–water partition coefficient (Wildman–Crippen LogP) is 2.35. The molecule has 3 rings (SSSR count). The summed E-state index contributed by atoms with van der Waals surface area (Å²) < 4.78 is 5.69. The molecule has 6 heteroatoms. The van der Waals surface area contributed by atoms with Gasteiger partial charge in [-0.25, -0.2) is 0 Å². The fourth-order valence-corrected chi connectivity index (χ4v) is 4.23. The normalized spacial score (nSPS) is 14.7. The van der Waals surface area contributed by atoms with Gasteiger partial charge >= 0.3 is 0 Å². The molecule has 2 aromatic heterocycles. The van der Waals surface area contributed by atoms with Gasteiger partial charge in [-0.3, -0.25) is 0 Å². The van der Waals surface area contributed by atoms with Crippen LogP contribution in [0.2, 0.25) is 0 Å². The molecule has 96 valence electrons. The summed E-state index contributed by atoms with van der Waals surface area (Å²) in [4.78, 5) is 2.60. The molecule has 0 fully saturated rings. The highest BCUT2D eigenvalue weighted by atomic mass is 32.2. The highest BCUT2D eigenvalue weighted by Gasteiger charge is 2.17. The predicted molar refractivity (Wildman–Crippen MR) is 75.1 cm³/mol. The summed E-state index contributed by atoms with van der Waals surface area (Å²) in [5.74, 6) is 3.72. The van der Waals surface area contributed by atoms with Crippen molar-refractivity contribution in [3.8, 4) is 10.8 Å². The van der Waals surface area contributed by atoms with Gasteiger partial charge in [0.1, 0.15) is 0 Å². The van der Waals surface area contributed by atoms with Crippen LogP contribution in [0, 0.1) is 0 Å². The first kappa shape index (κ1) is 12.2. The Bertz CT molecular complexity index is 512. The molecule has 2 aromatic rings. The number of aromatic nitrogens is 2. The number of nitrogens with one attached hydrogen (secondary N) is 1. The van der Waals surface area contributed by atoms with Gasteiger partial charge in [-0.1, -0.05) is 0 Å². The summed E-state index contributed by atoms with van der Waals surface area (Å²) in [6.45, 7) is 0.860. The number of nitrogens with zero attached hydrogens (tertiary/aromatic N) is 2. The van der Waals surface area contributed by atoms with Gasteiger partial charge in [-0.05, 0) is 30.9 Å². The maximum Gasteiger partial charge on any atom is 0.257 e. The van der Waals surface area contributed by atoms with Crippen LogP contribution in [-0.2, 0) is 18.6 Å². The van der Waals surface area contributed by atoms with E-state index < -0.39 is 0 Å². The standard InChI is InChI=1S/C12H15N3OS2/c1-13-4-2-11-14-15-12(16-11)10-6-8-7-17-5-3-9(8)18-10/h6,13H,2-5,7H2,1H3. The molecule has 1 aliphatic heterocycles. The summed E-state index contributed by atoms with van der Waals surface area (Å²) >= 11 is 3.79. The van der Waals surface area contributed by atoms with Crippen LogP contribution < -0.4 is 5.32 Å². The highest BCUT2D eigenvalue weighted by molar-refractivity contribution is 7.98. The van der Waals surface area contributed by atoms with Crippen LogP contribution in [-0.4, -0.2) is 29.5 Å². The van der Waals surface area contributed by atoms with Crippen LogP contribution in [0.1, 0.15) is 16.3 Å². The van der Waals surface area contributed by atoms with Crippen LogP contribution in [0.4, 0.5) is 0 Å². The molecule has 0 atom stereocenters. The molecule has 0 saturated heterocycles. The van der Waals surface area contributed by atoms with Gasteiger partial charge in [0, 0.05) is 23.6 Å². The number of hydrogen-bond acceptors (Lipinski definition) is 6. The number of hydrogen-bond donors (Lipinski definition) is 1. The van der Waals surface area contributed by atoms with Crippen molar-refractivity contribution in [1.29, 1.82) is 0 Å². The highest BCUT2D eigenvalue weighted by Crippen LogP contribution is 2.36. The number of aryl methyl sites for hydroxylation is 1. The zero-order valence-corrected chi connectivity index (χ0v) is 11.9. The number of likely N-dealkylation sites (N-methyl/N-ethyl adjacent to an activating group) is 1. The number of thiophene rings is 1. The van der Waals surface area contributed by atoms with E-state index in [2.05, 4.69) is 21.6 Å². The molecule has 0 saturated carbocycles. The second-order valence-corrected chi connectivity index (χ2v) is 6.46. The first-order chi connectivity index (χ1) is 8.86. The second kappa shape index (κ2) is 5.42. The van der Waals surface area contributed by atoms with E-state index in [9.17, 15) is 0 Å². The summed E-state index contributed by atoms with van der Waals surface area (Å²) in [6.07, 6.45) is 1.95. The van der Waals surface area contributed by atoms with E-state index in [0.717, 1.165) is 23.6 Å². The van der Waals surface area contributed by atoms with Gasteiger partial charge in [0.05, 0.1) is 4.88 Å². The Labute approximate surface area is 114 Å². The van der Waals surface area contributed by atoms with E-state index in [4.69, 9.17) is 4.42 Å². The lowest BCUT2D eigenvalue weighted by Crippen LogP contribution is -2.10. The van der Waals surface area contributed by atoms with E-state index >= 15 is 0 Å². The minimum absolute atomic E-state index is 0.672. The van der Waals surface area contributed by atoms with Crippen LogP contribution in [0.15, 0.2) is 10.5 Å². The minimum Gasteiger partial charge on any atom is -0.420 e. The fourth-order valence-electron chi connectivity index (χ4n) is 1.94. The third kappa shape index (κ3) is 2.46. The minimum atomic E-state index is 0.672. The Hall–Kier alpha value is -0.850. The van der Waals surface area contributed by atoms with Crippen molar-refractivity contribution < 1.29 is 4.42 Å². The molecule has 0 aliphatic carbocycles. The topological polar surface area (TPSA) is 51.0 Å². The van der Waals surface area contributed by atoms with Crippen molar-refractivity contribution in [1.82, 2.24) is 15.5 Å². The first-order valence-electron chi connectivity index (χ1n) is 6.03. The van der Waals surface area contributed by atoms with Crippen molar-refractivity contribution in [3.05, 3.63) is 22.4 Å². The van der Waals surface area contributed by atoms with Gasteiger partial charge in [-0.15, -0.1) is 21.5 Å². The third-order valence-corrected chi connectivity index (χ3v) is 5.13. The monoisotopic (exact) mass is 281 g/mol. The molecule has 0 unspecified atom stereocenters. The lowest BCUT2D eigenvalue weighted by atomic mass is 10.2. The molecular weight excluding hydrogens is 266 g/mol. The molecule has 0 aromatic carbocycles. The molecule has 1 N–H and O–H groups in total. The maximum absolute atomic E-state index is 5.69. The lowest BCUT2D eigenvalue weighted by molar-refractivity contribution is 0.501. The summed E-state index contributed by atoms with van der Waals surface area (Å²) in [5, 5.41) is 11.3. The number of rotatable bonds is 4. The van der Waals surface area contributed by atoms with Crippen molar-refractivity contribution in [2.75, 3.05) is 19.3 Å². The molecule has 4 nitrogen and oxygen atoms in total. The van der Waals surface area contributed by atoms with E-state index in [1.54, 1.807) is 11.3 Å². The molecule has 0 bridgehead atoms. The van der Waals surface area contributed by atoms with Crippen molar-refractivity contribution in [2.45, 2.75) is 18.6 Å². The van der Waals surface area contributed by atoms with E-state index in [1.807, 2.05) is 18.8 Å². The summed E-state index contributed by atoms with van der Waals surface area (Å²) in [6, 6.07) is 2.21. The second-order valence-electron chi connectivity index (χ2n) is 4.22. The molecule has 18 heavy (non-hydrogen) atoms. The molecule has 3 heterocycles. The largest absolute Gasteiger partial charge is 0.420 e. The van der Waals surface area contributed by atoms with Gasteiger partial charge < -0.3 is 9.73 Å². The van der Waals surface area contributed by atoms with Crippen molar-refractivity contribution in [3.63, 3.8) is 0 Å². The van der Waals surface area contributed by atoms with E-state index in [0.29, 0.717) is 11.8 Å². The van der Waals surface area contributed by atoms with Crippen LogP contribution in [0.5, 0.6) is 0 Å². The van der Waals surface area contributed by atoms with Crippen LogP contribution in [0.3, 0.4) is 0 Å². The fraction of sp³-hybridized carbons (Fsp3) is 0.500. The third-order valence-electron chi connectivity index (χ3n) is 2.89. The van der Waals surface area contributed by atoms with E-state index in [-0.39, 0.29) is 0 Å². The molecular formula is C12H15N3OS2. The van der Waals surface area contributed by atoms with Gasteiger partial charge in [0.2, 0.25) is 5.89 Å². The quantitative estimate of drug-likeness (QED) is 0.932. The van der Waals surface area contributed by atoms with Gasteiger partial charge in [0.15, 0.2) is 0 Å². The number of fused-ring (bicyclic) bond motifs is 1. The maximum atomic E-state index is 5.69. The van der Waals surface area contributed by atoms with Crippen molar-refractivity contribution >= 4 is 23.1 Å². The number of thioether (sulfide) groups is 1. The Kier molecular flexibility index (Phi) is 3.67. The molecule has 0 spiro atoms. The zero-order valence-electron chi connectivity index (χ0n) is 10.2. The average molecular weight is 281 g/mol. The lowest BCUT2D eigenvalue weighted by Gasteiger charge is -2.08. The molecule has 0 radical (unpaired) electrons. The Morgan fingerprint density at radius 3 is 3.22 bits per heavy atom. The van der Waals surface area contributed by atoms with Crippen LogP contribution in [0.25, 0.3) is 10.8 Å². The van der Waals surface area contributed by atoms with Gasteiger partial charge in [0.25, 0.3) is 5.89 Å². The smallest absolute Gasteiger partial charge is 0.257 e. The molecule has 1 aliphatic rings. The molecule has 0 amide bonds. The SMILES string of the molecule is CNCCc1nnc(-c2cc3c(s2)CCSC3)o1. The van der Waals surface area contributed by atoms with Crippen molar-refractivity contribution in [2.24, 2.45) is 0 Å². The first-order valence-corrected chi connectivity index (χ1v) is 8.00. The Morgan fingerprint density at radius 2 is 2.39 bits per heavy atom. The average Bonchev–Trinajstić information content (AvgIpc) is 3.02. The zero-order chi connectivity index (χ0) is 12.4. The summed E-state index contributed by atoms with van der Waals surface area (Å²) in [5.41, 5.74) is 1.45. The summed E-state index contributed by atoms with van der Waals surface area (Å²) in [7, 11) is 1.92. The van der Waals surface area contributed by atoms with Crippen LogP contribution >= 0.6 is 23.1 Å². The Balaban J connectivity index is 1.81. The van der Waals surface area contributed by atoms with Gasteiger partial charge in [-0.2, -0.15) is 11.8 Å². The van der Waals surface area contributed by atoms with E-state index in [1.165, 1.54) is 22.6 Å².